The first-order valence-corrected chi connectivity index (χ1v) is 5.99. The molecule has 0 aliphatic carbocycles. The minimum atomic E-state index is -0.606. The van der Waals surface area contributed by atoms with Gasteiger partial charge in [0.05, 0.1) is 7.11 Å². The number of hydrogen-bond acceptors (Lipinski definition) is 4. The van der Waals surface area contributed by atoms with Crippen molar-refractivity contribution in [3.05, 3.63) is 0 Å². The predicted octanol–water partition coefficient (Wildman–Crippen LogP) is 2.18. The van der Waals surface area contributed by atoms with E-state index in [4.69, 9.17) is 4.74 Å². The van der Waals surface area contributed by atoms with Crippen LogP contribution >= 0.6 is 8.37 Å². The highest BCUT2D eigenvalue weighted by atomic mass is 31.1. The molecule has 0 fully saturated rings. The predicted molar refractivity (Wildman–Crippen MR) is 63.6 cm³/mol. The van der Waals surface area contributed by atoms with Gasteiger partial charge in [0, 0.05) is 6.42 Å². The number of nitrogens with zero attached hydrogens (tertiary/aromatic N) is 3. The Morgan fingerprint density at radius 1 is 1.21 bits per heavy atom. The van der Waals surface area contributed by atoms with E-state index in [-0.39, 0.29) is 0 Å². The molecule has 0 atom stereocenters. The van der Waals surface area contributed by atoms with E-state index in [2.05, 4.69) is 21.0 Å². The van der Waals surface area contributed by atoms with Crippen molar-refractivity contribution in [3.8, 4) is 0 Å². The van der Waals surface area contributed by atoms with Crippen LogP contribution in [0.1, 0.15) is 19.8 Å². The van der Waals surface area contributed by atoms with E-state index in [1.54, 1.807) is 7.11 Å². The van der Waals surface area contributed by atoms with E-state index in [0.29, 0.717) is 0 Å². The Morgan fingerprint density at radius 2 is 1.71 bits per heavy atom. The summed E-state index contributed by atoms with van der Waals surface area (Å²) in [6, 6.07) is 0. The van der Waals surface area contributed by atoms with Crippen molar-refractivity contribution < 1.29 is 4.74 Å². The van der Waals surface area contributed by atoms with Gasteiger partial charge in [-0.1, -0.05) is 6.92 Å². The quantitative estimate of drug-likeness (QED) is 0.403. The van der Waals surface area contributed by atoms with Crippen LogP contribution in [0.25, 0.3) is 0 Å². The Morgan fingerprint density at radius 3 is 2.00 bits per heavy atom. The molecule has 0 radical (unpaired) electrons. The number of methoxy groups -OCH3 is 1. The van der Waals surface area contributed by atoms with E-state index >= 15 is 0 Å². The zero-order valence-electron chi connectivity index (χ0n) is 10.1. The van der Waals surface area contributed by atoms with Crippen LogP contribution in [0.5, 0.6) is 0 Å². The standard InChI is InChI=1S/C9H22N3OP/c1-7-8-9(13-6)10-14(11(2)3)12(4)5/h7-8H2,1-6H3. The molecule has 0 aliphatic rings. The molecule has 0 saturated heterocycles. The summed E-state index contributed by atoms with van der Waals surface area (Å²) in [7, 11) is 9.23. The monoisotopic (exact) mass is 219 g/mol. The lowest BCUT2D eigenvalue weighted by Crippen LogP contribution is -2.16. The molecule has 0 rings (SSSR count). The van der Waals surface area contributed by atoms with Gasteiger partial charge in [-0.3, -0.25) is 9.34 Å². The molecule has 84 valence electrons. The minimum absolute atomic E-state index is 0.606. The van der Waals surface area contributed by atoms with E-state index in [1.165, 1.54) is 0 Å². The van der Waals surface area contributed by atoms with Gasteiger partial charge < -0.3 is 4.74 Å². The minimum Gasteiger partial charge on any atom is -0.484 e. The summed E-state index contributed by atoms with van der Waals surface area (Å²) in [6.45, 7) is 2.13. The lowest BCUT2D eigenvalue weighted by Gasteiger charge is -2.25. The second-order valence-electron chi connectivity index (χ2n) is 3.41. The molecule has 0 heterocycles. The zero-order valence-corrected chi connectivity index (χ0v) is 11.0. The van der Waals surface area contributed by atoms with Crippen molar-refractivity contribution in [1.82, 2.24) is 9.34 Å². The van der Waals surface area contributed by atoms with Crippen molar-refractivity contribution in [1.29, 1.82) is 0 Å². The first-order chi connectivity index (χ1) is 6.52. The second kappa shape index (κ2) is 7.16. The summed E-state index contributed by atoms with van der Waals surface area (Å²) >= 11 is 0. The molecule has 5 heteroatoms. The van der Waals surface area contributed by atoms with Gasteiger partial charge in [0.15, 0.2) is 14.3 Å². The van der Waals surface area contributed by atoms with Gasteiger partial charge in [-0.2, -0.15) is 4.76 Å². The lowest BCUT2D eigenvalue weighted by atomic mass is 10.3. The molecular formula is C9H22N3OP. The highest BCUT2D eigenvalue weighted by Crippen LogP contribution is 2.41. The Hall–Kier alpha value is -0.180. The fourth-order valence-corrected chi connectivity index (χ4v) is 2.50. The van der Waals surface area contributed by atoms with E-state index in [9.17, 15) is 0 Å². The molecule has 0 N–H and O–H groups in total. The first-order valence-electron chi connectivity index (χ1n) is 4.79. The Kier molecular flexibility index (Phi) is 7.06. The van der Waals surface area contributed by atoms with Crippen molar-refractivity contribution >= 4 is 14.3 Å². The summed E-state index contributed by atoms with van der Waals surface area (Å²) in [5, 5.41) is 0. The molecule has 0 aromatic carbocycles. The van der Waals surface area contributed by atoms with Gasteiger partial charge in [0.25, 0.3) is 0 Å². The van der Waals surface area contributed by atoms with E-state index in [1.807, 2.05) is 28.2 Å². The SMILES string of the molecule is CCCC(=NP(N(C)C)N(C)C)OC. The Bertz CT molecular complexity index is 175. The highest BCUT2D eigenvalue weighted by molar-refractivity contribution is 7.51. The molecule has 0 unspecified atom stereocenters. The van der Waals surface area contributed by atoms with Gasteiger partial charge >= 0.3 is 0 Å². The average molecular weight is 219 g/mol. The van der Waals surface area contributed by atoms with Gasteiger partial charge in [0.1, 0.15) is 0 Å². The summed E-state index contributed by atoms with van der Waals surface area (Å²) < 4.78 is 14.1. The average Bonchev–Trinajstić information content (AvgIpc) is 2.10. The van der Waals surface area contributed by atoms with Crippen LogP contribution in [0.3, 0.4) is 0 Å². The molecule has 0 bridgehead atoms. The van der Waals surface area contributed by atoms with Crippen LogP contribution in [0.2, 0.25) is 0 Å². The van der Waals surface area contributed by atoms with E-state index < -0.39 is 8.37 Å². The molecule has 0 amide bonds. The zero-order chi connectivity index (χ0) is 11.1. The molecule has 0 spiro atoms. The fraction of sp³-hybridized carbons (Fsp3) is 0.889. The lowest BCUT2D eigenvalue weighted by molar-refractivity contribution is 0.389. The van der Waals surface area contributed by atoms with Gasteiger partial charge in [-0.15, -0.1) is 0 Å². The summed E-state index contributed by atoms with van der Waals surface area (Å²) in [4.78, 5) is 0. The third-order valence-electron chi connectivity index (χ3n) is 1.62. The normalized spacial score (nSPS) is 13.1. The summed E-state index contributed by atoms with van der Waals surface area (Å²) in [6.07, 6.45) is 1.98. The maximum absolute atomic E-state index is 5.23. The maximum Gasteiger partial charge on any atom is 0.189 e. The third-order valence-corrected chi connectivity index (χ3v) is 3.45. The van der Waals surface area contributed by atoms with Crippen LogP contribution in [0.4, 0.5) is 0 Å². The van der Waals surface area contributed by atoms with Crippen LogP contribution < -0.4 is 0 Å². The summed E-state index contributed by atoms with van der Waals surface area (Å²) in [5.41, 5.74) is 0. The molecule has 0 saturated carbocycles. The molecule has 4 nitrogen and oxygen atoms in total. The van der Waals surface area contributed by atoms with Crippen LogP contribution in [0.15, 0.2) is 4.76 Å². The molecule has 0 aromatic heterocycles. The van der Waals surface area contributed by atoms with Crippen LogP contribution in [-0.2, 0) is 4.74 Å². The largest absolute Gasteiger partial charge is 0.484 e. The van der Waals surface area contributed by atoms with Crippen molar-refractivity contribution in [2.24, 2.45) is 4.76 Å². The van der Waals surface area contributed by atoms with Crippen molar-refractivity contribution in [2.75, 3.05) is 35.3 Å². The third kappa shape index (κ3) is 4.89. The van der Waals surface area contributed by atoms with Gasteiger partial charge in [0.2, 0.25) is 0 Å². The molecule has 14 heavy (non-hydrogen) atoms. The maximum atomic E-state index is 5.23. The highest BCUT2D eigenvalue weighted by Gasteiger charge is 2.14. The molecule has 0 aliphatic heterocycles. The second-order valence-corrected chi connectivity index (χ2v) is 5.75. The van der Waals surface area contributed by atoms with E-state index in [0.717, 1.165) is 18.7 Å². The Labute approximate surface area is 88.9 Å². The first kappa shape index (κ1) is 13.8. The van der Waals surface area contributed by atoms with Crippen molar-refractivity contribution in [3.63, 3.8) is 0 Å². The number of hydrogen-bond donors (Lipinski definition) is 0. The summed E-state index contributed by atoms with van der Waals surface area (Å²) in [5.74, 6) is 0.848. The molecule has 0 aromatic rings. The smallest absolute Gasteiger partial charge is 0.189 e. The Balaban J connectivity index is 4.50. The number of ether oxygens (including phenoxy) is 1. The fourth-order valence-electron chi connectivity index (χ4n) is 1.04. The van der Waals surface area contributed by atoms with Crippen LogP contribution in [-0.4, -0.2) is 50.5 Å². The van der Waals surface area contributed by atoms with Crippen molar-refractivity contribution in [2.45, 2.75) is 19.8 Å². The molecular weight excluding hydrogens is 197 g/mol. The topological polar surface area (TPSA) is 28.1 Å². The van der Waals surface area contributed by atoms with Gasteiger partial charge in [-0.25, -0.2) is 0 Å². The van der Waals surface area contributed by atoms with Crippen LogP contribution in [0, 0.1) is 0 Å². The van der Waals surface area contributed by atoms with Gasteiger partial charge in [-0.05, 0) is 34.6 Å². The number of rotatable bonds is 5.